The second-order valence-electron chi connectivity index (χ2n) is 5.02. The van der Waals surface area contributed by atoms with Gasteiger partial charge in [-0.2, -0.15) is 0 Å². The topological polar surface area (TPSA) is 66.9 Å². The number of amides is 4. The number of para-hydroxylation sites is 1. The molecule has 0 atom stereocenters. The molecule has 1 aromatic carbocycles. The van der Waals surface area contributed by atoms with Crippen LogP contribution in [0.2, 0.25) is 0 Å². The first kappa shape index (κ1) is 15.0. The van der Waals surface area contributed by atoms with E-state index in [-0.39, 0.29) is 12.6 Å². The quantitative estimate of drug-likeness (QED) is 0.454. The maximum atomic E-state index is 12.0. The molecule has 4 amide bonds. The van der Waals surface area contributed by atoms with Gasteiger partial charge in [-0.15, -0.1) is 0 Å². The minimum absolute atomic E-state index is 0.180. The highest BCUT2D eigenvalue weighted by molar-refractivity contribution is 6.44. The predicted molar refractivity (Wildman–Crippen MR) is 75.6 cm³/mol. The molecule has 2 rings (SSSR count). The van der Waals surface area contributed by atoms with E-state index in [0.717, 1.165) is 15.5 Å². The molecule has 0 spiro atoms. The van der Waals surface area contributed by atoms with Crippen molar-refractivity contribution in [3.63, 3.8) is 0 Å². The molecule has 0 unspecified atom stereocenters. The van der Waals surface area contributed by atoms with Gasteiger partial charge in [0.15, 0.2) is 0 Å². The summed E-state index contributed by atoms with van der Waals surface area (Å²) in [6.45, 7) is 3.95. The van der Waals surface area contributed by atoms with Gasteiger partial charge in [-0.25, -0.2) is 4.79 Å². The first-order valence-corrected chi connectivity index (χ1v) is 6.89. The van der Waals surface area contributed by atoms with Crippen LogP contribution in [-0.2, 0) is 9.59 Å². The Morgan fingerprint density at radius 3 is 2.29 bits per heavy atom. The summed E-state index contributed by atoms with van der Waals surface area (Å²) in [5.74, 6) is -0.774. The second-order valence-corrected chi connectivity index (χ2v) is 5.02. The molecule has 1 fully saturated rings. The third-order valence-electron chi connectivity index (χ3n) is 3.14. The summed E-state index contributed by atoms with van der Waals surface area (Å²) in [4.78, 5) is 37.4. The van der Waals surface area contributed by atoms with Gasteiger partial charge in [0.25, 0.3) is 0 Å². The SMILES string of the molecule is CC(C)N1C(=O)C(=O)N(CCCOc2ccccc2)C1=O. The maximum Gasteiger partial charge on any atom is 0.334 e. The van der Waals surface area contributed by atoms with E-state index in [4.69, 9.17) is 4.74 Å². The Bertz CT molecular complexity index is 542. The molecular weight excluding hydrogens is 272 g/mol. The molecule has 21 heavy (non-hydrogen) atoms. The van der Waals surface area contributed by atoms with Gasteiger partial charge in [-0.1, -0.05) is 18.2 Å². The van der Waals surface area contributed by atoms with E-state index < -0.39 is 17.8 Å². The number of imide groups is 2. The van der Waals surface area contributed by atoms with Crippen molar-refractivity contribution in [3.8, 4) is 5.75 Å². The number of urea groups is 1. The number of rotatable bonds is 6. The lowest BCUT2D eigenvalue weighted by molar-refractivity contribution is -0.143. The predicted octanol–water partition coefficient (Wildman–Crippen LogP) is 1.65. The first-order valence-electron chi connectivity index (χ1n) is 6.89. The fourth-order valence-corrected chi connectivity index (χ4v) is 2.10. The van der Waals surface area contributed by atoms with Crippen molar-refractivity contribution in [1.29, 1.82) is 0 Å². The van der Waals surface area contributed by atoms with Crippen molar-refractivity contribution in [2.24, 2.45) is 0 Å². The minimum Gasteiger partial charge on any atom is -0.494 e. The standard InChI is InChI=1S/C15H18N2O4/c1-11(2)17-14(19)13(18)16(15(17)20)9-6-10-21-12-7-4-3-5-8-12/h3-5,7-8,11H,6,9-10H2,1-2H3. The Hall–Kier alpha value is -2.37. The fraction of sp³-hybridized carbons (Fsp3) is 0.400. The summed E-state index contributed by atoms with van der Waals surface area (Å²) in [5.41, 5.74) is 0. The van der Waals surface area contributed by atoms with Gasteiger partial charge in [-0.3, -0.25) is 19.4 Å². The lowest BCUT2D eigenvalue weighted by Gasteiger charge is -2.18. The third kappa shape index (κ3) is 3.21. The summed E-state index contributed by atoms with van der Waals surface area (Å²) < 4.78 is 5.49. The third-order valence-corrected chi connectivity index (χ3v) is 3.14. The van der Waals surface area contributed by atoms with Crippen LogP contribution in [0.3, 0.4) is 0 Å². The monoisotopic (exact) mass is 290 g/mol. The molecule has 0 radical (unpaired) electrons. The Labute approximate surface area is 123 Å². The van der Waals surface area contributed by atoms with Gasteiger partial charge in [0.2, 0.25) is 0 Å². The van der Waals surface area contributed by atoms with Gasteiger partial charge in [0, 0.05) is 12.6 Å². The molecule has 1 heterocycles. The van der Waals surface area contributed by atoms with Gasteiger partial charge in [0.05, 0.1) is 6.61 Å². The van der Waals surface area contributed by atoms with Crippen molar-refractivity contribution in [1.82, 2.24) is 9.80 Å². The highest BCUT2D eigenvalue weighted by atomic mass is 16.5. The van der Waals surface area contributed by atoms with Crippen LogP contribution in [0.15, 0.2) is 30.3 Å². The molecule has 0 aliphatic carbocycles. The number of hydrogen-bond donors (Lipinski definition) is 0. The van der Waals surface area contributed by atoms with E-state index in [0.29, 0.717) is 13.0 Å². The molecule has 1 aliphatic heterocycles. The van der Waals surface area contributed by atoms with Gasteiger partial charge in [-0.05, 0) is 32.4 Å². The van der Waals surface area contributed by atoms with Crippen molar-refractivity contribution in [3.05, 3.63) is 30.3 Å². The minimum atomic E-state index is -0.756. The Morgan fingerprint density at radius 1 is 1.05 bits per heavy atom. The summed E-state index contributed by atoms with van der Waals surface area (Å²) in [6.07, 6.45) is 0.478. The number of carbonyl (C=O) groups excluding carboxylic acids is 3. The Kier molecular flexibility index (Phi) is 4.57. The second kappa shape index (κ2) is 6.39. The van der Waals surface area contributed by atoms with Crippen LogP contribution in [-0.4, -0.2) is 46.8 Å². The van der Waals surface area contributed by atoms with Gasteiger partial charge >= 0.3 is 17.8 Å². The van der Waals surface area contributed by atoms with E-state index >= 15 is 0 Å². The molecule has 0 aromatic heterocycles. The van der Waals surface area contributed by atoms with E-state index in [1.807, 2.05) is 30.3 Å². The average molecular weight is 290 g/mol. The largest absolute Gasteiger partial charge is 0.494 e. The summed E-state index contributed by atoms with van der Waals surface area (Å²) in [6, 6.07) is 8.41. The van der Waals surface area contributed by atoms with Crippen LogP contribution in [0.4, 0.5) is 4.79 Å². The number of nitrogens with zero attached hydrogens (tertiary/aromatic N) is 2. The molecule has 0 N–H and O–H groups in total. The summed E-state index contributed by atoms with van der Waals surface area (Å²) in [5, 5.41) is 0. The zero-order chi connectivity index (χ0) is 15.4. The fourth-order valence-electron chi connectivity index (χ4n) is 2.10. The molecular formula is C15H18N2O4. The van der Waals surface area contributed by atoms with Crippen LogP contribution in [0.25, 0.3) is 0 Å². The van der Waals surface area contributed by atoms with Crippen LogP contribution in [0.1, 0.15) is 20.3 Å². The molecule has 1 aliphatic rings. The van der Waals surface area contributed by atoms with Crippen molar-refractivity contribution in [2.75, 3.05) is 13.2 Å². The lowest BCUT2D eigenvalue weighted by atomic mass is 10.3. The molecule has 6 heteroatoms. The molecule has 6 nitrogen and oxygen atoms in total. The Morgan fingerprint density at radius 2 is 1.71 bits per heavy atom. The molecule has 112 valence electrons. The molecule has 1 saturated heterocycles. The number of hydrogen-bond acceptors (Lipinski definition) is 4. The van der Waals surface area contributed by atoms with Crippen LogP contribution in [0.5, 0.6) is 5.75 Å². The number of benzene rings is 1. The smallest absolute Gasteiger partial charge is 0.334 e. The Balaban J connectivity index is 1.85. The number of carbonyl (C=O) groups is 3. The molecule has 0 saturated carbocycles. The lowest BCUT2D eigenvalue weighted by Crippen LogP contribution is -2.38. The highest BCUT2D eigenvalue weighted by Gasteiger charge is 2.45. The van der Waals surface area contributed by atoms with E-state index in [9.17, 15) is 14.4 Å². The van der Waals surface area contributed by atoms with Crippen molar-refractivity contribution in [2.45, 2.75) is 26.3 Å². The maximum absolute atomic E-state index is 12.0. The van der Waals surface area contributed by atoms with Gasteiger partial charge < -0.3 is 4.74 Å². The average Bonchev–Trinajstić information content (AvgIpc) is 2.67. The highest BCUT2D eigenvalue weighted by Crippen LogP contribution is 2.16. The van der Waals surface area contributed by atoms with Crippen molar-refractivity contribution < 1.29 is 19.1 Å². The summed E-state index contributed by atoms with van der Waals surface area (Å²) in [7, 11) is 0. The van der Waals surface area contributed by atoms with Crippen LogP contribution >= 0.6 is 0 Å². The number of ether oxygens (including phenoxy) is 1. The molecule has 1 aromatic rings. The van der Waals surface area contributed by atoms with Crippen molar-refractivity contribution >= 4 is 17.8 Å². The van der Waals surface area contributed by atoms with Gasteiger partial charge in [0.1, 0.15) is 5.75 Å². The van der Waals surface area contributed by atoms with E-state index in [2.05, 4.69) is 0 Å². The van der Waals surface area contributed by atoms with Crippen LogP contribution in [0, 0.1) is 0 Å². The summed E-state index contributed by atoms with van der Waals surface area (Å²) >= 11 is 0. The van der Waals surface area contributed by atoms with Crippen LogP contribution < -0.4 is 4.74 Å². The normalized spacial score (nSPS) is 15.3. The zero-order valence-electron chi connectivity index (χ0n) is 12.1. The zero-order valence-corrected chi connectivity index (χ0v) is 12.1. The van der Waals surface area contributed by atoms with E-state index in [1.165, 1.54) is 0 Å². The molecule has 0 bridgehead atoms. The van der Waals surface area contributed by atoms with E-state index in [1.54, 1.807) is 13.8 Å². The first-order chi connectivity index (χ1) is 10.0.